The van der Waals surface area contributed by atoms with Crippen molar-refractivity contribution in [1.82, 2.24) is 15.1 Å². The fourth-order valence-electron chi connectivity index (χ4n) is 6.31. The second-order valence-corrected chi connectivity index (χ2v) is 11.2. The number of hydrogen-bond donors (Lipinski definition) is 1. The number of nitrogens with zero attached hydrogens (tertiary/aromatic N) is 2. The molecule has 2 saturated heterocycles. The summed E-state index contributed by atoms with van der Waals surface area (Å²) in [5, 5.41) is 3.24. The molecular weight excluding hydrogens is 478 g/mol. The number of piperidine rings is 1. The van der Waals surface area contributed by atoms with Gasteiger partial charge < -0.3 is 19.9 Å². The number of carbonyl (C=O) groups is 3. The Morgan fingerprint density at radius 1 is 1.03 bits per heavy atom. The van der Waals surface area contributed by atoms with E-state index in [-0.39, 0.29) is 29.1 Å². The molecule has 2 aromatic rings. The van der Waals surface area contributed by atoms with E-state index in [1.807, 2.05) is 47.4 Å². The maximum atomic E-state index is 13.4. The van der Waals surface area contributed by atoms with Crippen molar-refractivity contribution in [2.24, 2.45) is 11.3 Å². The molecule has 2 amide bonds. The van der Waals surface area contributed by atoms with Crippen LogP contribution in [0.2, 0.25) is 0 Å². The van der Waals surface area contributed by atoms with Gasteiger partial charge in [0.05, 0.1) is 18.6 Å². The number of carbonyl (C=O) groups excluding carboxylic acids is 3. The minimum absolute atomic E-state index is 0.00389. The molecule has 0 bridgehead atoms. The number of rotatable bonds is 9. The zero-order valence-electron chi connectivity index (χ0n) is 22.4. The molecule has 1 saturated carbocycles. The third-order valence-corrected chi connectivity index (χ3v) is 8.82. The predicted octanol–water partition coefficient (Wildman–Crippen LogP) is 4.13. The number of amides is 2. The van der Waals surface area contributed by atoms with Crippen molar-refractivity contribution in [2.75, 3.05) is 33.3 Å². The summed E-state index contributed by atoms with van der Waals surface area (Å²) in [5.74, 6) is 1.11. The van der Waals surface area contributed by atoms with E-state index >= 15 is 0 Å². The molecule has 1 unspecified atom stereocenters. The molecule has 2 atom stereocenters. The molecule has 0 radical (unpaired) electrons. The van der Waals surface area contributed by atoms with Crippen LogP contribution in [0.15, 0.2) is 54.6 Å². The van der Waals surface area contributed by atoms with E-state index in [4.69, 9.17) is 4.74 Å². The van der Waals surface area contributed by atoms with Crippen LogP contribution < -0.4 is 10.1 Å². The van der Waals surface area contributed by atoms with Gasteiger partial charge in [-0.05, 0) is 68.5 Å². The zero-order valence-corrected chi connectivity index (χ0v) is 22.4. The molecule has 0 aromatic heterocycles. The summed E-state index contributed by atoms with van der Waals surface area (Å²) >= 11 is 0. The van der Waals surface area contributed by atoms with E-state index in [0.29, 0.717) is 31.7 Å². The van der Waals surface area contributed by atoms with Crippen molar-refractivity contribution < 1.29 is 19.1 Å². The van der Waals surface area contributed by atoms with Gasteiger partial charge in [-0.3, -0.25) is 14.4 Å². The molecular formula is C31H39N3O4. The van der Waals surface area contributed by atoms with E-state index in [9.17, 15) is 14.4 Å². The Hall–Kier alpha value is -3.19. The van der Waals surface area contributed by atoms with E-state index in [1.54, 1.807) is 7.11 Å². The number of nitrogens with one attached hydrogen (secondary N) is 1. The van der Waals surface area contributed by atoms with Crippen molar-refractivity contribution in [3.05, 3.63) is 65.7 Å². The van der Waals surface area contributed by atoms with Gasteiger partial charge in [0.25, 0.3) is 0 Å². The maximum Gasteiger partial charge on any atom is 0.229 e. The fraction of sp³-hybridized carbons (Fsp3) is 0.516. The molecule has 7 heteroatoms. The average Bonchev–Trinajstić information content (AvgIpc) is 3.52. The predicted molar refractivity (Wildman–Crippen MR) is 145 cm³/mol. The van der Waals surface area contributed by atoms with Crippen LogP contribution in [-0.2, 0) is 20.9 Å². The summed E-state index contributed by atoms with van der Waals surface area (Å²) in [7, 11) is 1.66. The lowest BCUT2D eigenvalue weighted by molar-refractivity contribution is -0.139. The first kappa shape index (κ1) is 26.4. The molecule has 202 valence electrons. The highest BCUT2D eigenvalue weighted by Crippen LogP contribution is 2.42. The number of ketones is 1. The summed E-state index contributed by atoms with van der Waals surface area (Å²) in [6.45, 7) is 4.13. The van der Waals surface area contributed by atoms with Crippen LogP contribution in [-0.4, -0.2) is 60.7 Å². The fourth-order valence-corrected chi connectivity index (χ4v) is 6.31. The lowest BCUT2D eigenvalue weighted by Crippen LogP contribution is -2.45. The quantitative estimate of drug-likeness (QED) is 0.541. The highest BCUT2D eigenvalue weighted by atomic mass is 16.5. The molecule has 3 fully saturated rings. The lowest BCUT2D eigenvalue weighted by atomic mass is 9.77. The number of Topliss-reactive ketones (excluding diaryl/α,β-unsaturated/α-hetero) is 1. The first-order valence-corrected chi connectivity index (χ1v) is 14.0. The zero-order chi connectivity index (χ0) is 26.5. The first-order chi connectivity index (χ1) is 18.5. The largest absolute Gasteiger partial charge is 0.497 e. The number of hydrogen-bond acceptors (Lipinski definition) is 5. The third kappa shape index (κ3) is 5.93. The molecule has 2 aromatic carbocycles. The third-order valence-electron chi connectivity index (χ3n) is 8.82. The van der Waals surface area contributed by atoms with Crippen molar-refractivity contribution in [3.8, 4) is 5.75 Å². The molecule has 1 spiro atoms. The van der Waals surface area contributed by atoms with Crippen LogP contribution in [0.4, 0.5) is 0 Å². The Morgan fingerprint density at radius 3 is 2.39 bits per heavy atom. The minimum atomic E-state index is -0.231. The van der Waals surface area contributed by atoms with Crippen LogP contribution in [0.25, 0.3) is 0 Å². The summed E-state index contributed by atoms with van der Waals surface area (Å²) in [5.41, 5.74) is 1.99. The van der Waals surface area contributed by atoms with E-state index in [1.165, 1.54) is 0 Å². The number of benzene rings is 2. The highest BCUT2D eigenvalue weighted by Gasteiger charge is 2.47. The smallest absolute Gasteiger partial charge is 0.229 e. The van der Waals surface area contributed by atoms with Gasteiger partial charge in [0.2, 0.25) is 11.8 Å². The molecule has 38 heavy (non-hydrogen) atoms. The van der Waals surface area contributed by atoms with Crippen LogP contribution >= 0.6 is 0 Å². The maximum absolute atomic E-state index is 13.4. The van der Waals surface area contributed by atoms with Crippen LogP contribution in [0.5, 0.6) is 5.75 Å². The van der Waals surface area contributed by atoms with Gasteiger partial charge in [0.1, 0.15) is 11.5 Å². The molecule has 3 aliphatic rings. The summed E-state index contributed by atoms with van der Waals surface area (Å²) in [4.78, 5) is 42.5. The van der Waals surface area contributed by atoms with Crippen LogP contribution in [0, 0.1) is 11.3 Å². The van der Waals surface area contributed by atoms with Gasteiger partial charge in [0, 0.05) is 38.4 Å². The molecule has 1 aliphatic carbocycles. The molecule has 5 rings (SSSR count). The Balaban J connectivity index is 1.14. The van der Waals surface area contributed by atoms with Gasteiger partial charge in [0.15, 0.2) is 0 Å². The average molecular weight is 518 g/mol. The second kappa shape index (κ2) is 11.7. The standard InChI is InChI=1S/C31H39N3O4/c1-38-27-11-7-23(8-12-27)22-34-20-16-31(30(34)37)14-18-33(19-15-31)17-13-28(24-5-3-2-4-6-24)32-29(36)25-9-10-26(35)21-25/h2-8,11-12,25,28H,9-10,13-22H2,1H3,(H,32,36)/t25?,28-/m0/s1. The SMILES string of the molecule is COc1ccc(CN2CCC3(CCN(CC[C@H](NC(=O)C4CCC(=O)C4)c4ccccc4)CC3)C2=O)cc1. The molecule has 7 nitrogen and oxygen atoms in total. The van der Waals surface area contributed by atoms with Crippen molar-refractivity contribution in [3.63, 3.8) is 0 Å². The normalized spacial score (nSPS) is 22.1. The summed E-state index contributed by atoms with van der Waals surface area (Å²) in [6.07, 6.45) is 5.05. The number of ether oxygens (including phenoxy) is 1. The number of likely N-dealkylation sites (tertiary alicyclic amines) is 2. The minimum Gasteiger partial charge on any atom is -0.497 e. The van der Waals surface area contributed by atoms with Gasteiger partial charge in [-0.1, -0.05) is 42.5 Å². The van der Waals surface area contributed by atoms with Gasteiger partial charge >= 0.3 is 0 Å². The van der Waals surface area contributed by atoms with Crippen molar-refractivity contribution in [2.45, 2.75) is 57.5 Å². The van der Waals surface area contributed by atoms with Crippen molar-refractivity contribution in [1.29, 1.82) is 0 Å². The summed E-state index contributed by atoms with van der Waals surface area (Å²) < 4.78 is 5.25. The second-order valence-electron chi connectivity index (χ2n) is 11.2. The van der Waals surface area contributed by atoms with Crippen LogP contribution in [0.1, 0.15) is 62.1 Å². The molecule has 2 aliphatic heterocycles. The monoisotopic (exact) mass is 517 g/mol. The van der Waals surface area contributed by atoms with E-state index in [0.717, 1.165) is 68.7 Å². The van der Waals surface area contributed by atoms with Gasteiger partial charge in [-0.25, -0.2) is 0 Å². The van der Waals surface area contributed by atoms with Gasteiger partial charge in [-0.2, -0.15) is 0 Å². The van der Waals surface area contributed by atoms with Gasteiger partial charge in [-0.15, -0.1) is 0 Å². The first-order valence-electron chi connectivity index (χ1n) is 14.0. The van der Waals surface area contributed by atoms with Crippen LogP contribution in [0.3, 0.4) is 0 Å². The highest BCUT2D eigenvalue weighted by molar-refractivity contribution is 5.90. The number of methoxy groups -OCH3 is 1. The van der Waals surface area contributed by atoms with E-state index in [2.05, 4.69) is 22.3 Å². The Labute approximate surface area is 225 Å². The molecule has 2 heterocycles. The Kier molecular flexibility index (Phi) is 8.12. The van der Waals surface area contributed by atoms with E-state index < -0.39 is 0 Å². The molecule has 1 N–H and O–H groups in total. The topological polar surface area (TPSA) is 79.0 Å². The van der Waals surface area contributed by atoms with Crippen molar-refractivity contribution >= 4 is 17.6 Å². The summed E-state index contributed by atoms with van der Waals surface area (Å²) in [6, 6.07) is 18.0. The Bertz CT molecular complexity index is 1130. The Morgan fingerprint density at radius 2 is 1.74 bits per heavy atom. The lowest BCUT2D eigenvalue weighted by Gasteiger charge is -2.38.